The normalized spacial score (nSPS) is 20.8. The molecule has 1 saturated heterocycles. The highest BCUT2D eigenvalue weighted by Crippen LogP contribution is 2.26. The van der Waals surface area contributed by atoms with Gasteiger partial charge in [0.1, 0.15) is 0 Å². The molecule has 5 nitrogen and oxygen atoms in total. The van der Waals surface area contributed by atoms with Crippen molar-refractivity contribution >= 4 is 5.97 Å². The maximum Gasteiger partial charge on any atom is 0.340 e. The van der Waals surface area contributed by atoms with E-state index in [0.717, 1.165) is 16.7 Å². The van der Waals surface area contributed by atoms with E-state index in [9.17, 15) is 4.79 Å². The SMILES string of the molecule is O=C1OC(OCc2ccccc2)C(OCc2ccccc2)C1OCc1ccccc1. The van der Waals surface area contributed by atoms with E-state index < -0.39 is 24.5 Å². The Hall–Kier alpha value is -2.99. The molecule has 0 spiro atoms. The number of hydrogen-bond donors (Lipinski definition) is 0. The third kappa shape index (κ3) is 5.33. The van der Waals surface area contributed by atoms with Gasteiger partial charge in [0.05, 0.1) is 19.8 Å². The Labute approximate surface area is 176 Å². The first-order chi connectivity index (χ1) is 14.8. The van der Waals surface area contributed by atoms with Crippen molar-refractivity contribution in [3.63, 3.8) is 0 Å². The summed E-state index contributed by atoms with van der Waals surface area (Å²) in [6.07, 6.45) is -2.35. The zero-order chi connectivity index (χ0) is 20.6. The molecule has 154 valence electrons. The predicted octanol–water partition coefficient (Wildman–Crippen LogP) is 4.26. The van der Waals surface area contributed by atoms with Gasteiger partial charge in [0.2, 0.25) is 6.29 Å². The van der Waals surface area contributed by atoms with Crippen LogP contribution in [0.2, 0.25) is 0 Å². The Morgan fingerprint density at radius 1 is 0.600 bits per heavy atom. The van der Waals surface area contributed by atoms with Crippen LogP contribution in [0, 0.1) is 0 Å². The molecule has 0 bridgehead atoms. The van der Waals surface area contributed by atoms with Crippen LogP contribution < -0.4 is 0 Å². The zero-order valence-corrected chi connectivity index (χ0v) is 16.6. The van der Waals surface area contributed by atoms with Gasteiger partial charge in [-0.2, -0.15) is 0 Å². The third-order valence-corrected chi connectivity index (χ3v) is 4.85. The lowest BCUT2D eigenvalue weighted by Gasteiger charge is -2.22. The third-order valence-electron chi connectivity index (χ3n) is 4.85. The molecule has 0 aromatic heterocycles. The van der Waals surface area contributed by atoms with E-state index >= 15 is 0 Å². The lowest BCUT2D eigenvalue weighted by molar-refractivity contribution is -0.186. The quantitative estimate of drug-likeness (QED) is 0.499. The van der Waals surface area contributed by atoms with Gasteiger partial charge in [-0.3, -0.25) is 0 Å². The van der Waals surface area contributed by atoms with Crippen LogP contribution in [0.3, 0.4) is 0 Å². The van der Waals surface area contributed by atoms with E-state index in [1.165, 1.54) is 0 Å². The average Bonchev–Trinajstić information content (AvgIpc) is 3.11. The molecule has 3 atom stereocenters. The smallest absolute Gasteiger partial charge is 0.340 e. The van der Waals surface area contributed by atoms with Crippen LogP contribution in [-0.2, 0) is 43.6 Å². The van der Waals surface area contributed by atoms with Crippen molar-refractivity contribution in [2.24, 2.45) is 0 Å². The molecule has 5 heteroatoms. The topological polar surface area (TPSA) is 54.0 Å². The highest BCUT2D eigenvalue weighted by Gasteiger charge is 2.47. The average molecular weight is 404 g/mol. The summed E-state index contributed by atoms with van der Waals surface area (Å²) in [5.74, 6) is -0.470. The van der Waals surface area contributed by atoms with E-state index in [4.69, 9.17) is 18.9 Å². The number of cyclic esters (lactones) is 1. The summed E-state index contributed by atoms with van der Waals surface area (Å²) in [7, 11) is 0. The van der Waals surface area contributed by atoms with Gasteiger partial charge in [-0.05, 0) is 16.7 Å². The Bertz CT molecular complexity index is 914. The molecule has 0 saturated carbocycles. The summed E-state index contributed by atoms with van der Waals surface area (Å²) in [6.45, 7) is 0.936. The minimum absolute atomic E-state index is 0.289. The van der Waals surface area contributed by atoms with Gasteiger partial charge in [-0.25, -0.2) is 4.79 Å². The molecule has 0 radical (unpaired) electrons. The number of esters is 1. The van der Waals surface area contributed by atoms with Crippen molar-refractivity contribution in [1.29, 1.82) is 0 Å². The Balaban J connectivity index is 1.44. The highest BCUT2D eigenvalue weighted by molar-refractivity contribution is 5.78. The molecule has 1 heterocycles. The van der Waals surface area contributed by atoms with Crippen molar-refractivity contribution in [2.75, 3.05) is 0 Å². The monoisotopic (exact) mass is 404 g/mol. The second kappa shape index (κ2) is 10.2. The second-order valence-corrected chi connectivity index (χ2v) is 7.08. The van der Waals surface area contributed by atoms with Crippen molar-refractivity contribution in [2.45, 2.75) is 38.3 Å². The number of carbonyl (C=O) groups is 1. The molecule has 1 aliphatic heterocycles. The molecule has 3 unspecified atom stereocenters. The molecular formula is C25H24O5. The van der Waals surface area contributed by atoms with Crippen LogP contribution in [-0.4, -0.2) is 24.5 Å². The van der Waals surface area contributed by atoms with E-state index in [0.29, 0.717) is 13.2 Å². The number of rotatable bonds is 9. The van der Waals surface area contributed by atoms with Crippen LogP contribution in [0.15, 0.2) is 91.0 Å². The molecule has 0 aliphatic carbocycles. The lowest BCUT2D eigenvalue weighted by atomic mass is 10.2. The van der Waals surface area contributed by atoms with E-state index in [2.05, 4.69) is 0 Å². The zero-order valence-electron chi connectivity index (χ0n) is 16.6. The summed E-state index contributed by atoms with van der Waals surface area (Å²) in [5.41, 5.74) is 2.96. The summed E-state index contributed by atoms with van der Waals surface area (Å²) in [6, 6.07) is 29.2. The van der Waals surface area contributed by atoms with Gasteiger partial charge >= 0.3 is 5.97 Å². The molecule has 0 amide bonds. The minimum Gasteiger partial charge on any atom is -0.431 e. The van der Waals surface area contributed by atoms with E-state index in [-0.39, 0.29) is 6.61 Å². The maximum absolute atomic E-state index is 12.5. The fourth-order valence-corrected chi connectivity index (χ4v) is 3.26. The van der Waals surface area contributed by atoms with Crippen LogP contribution in [0.4, 0.5) is 0 Å². The first-order valence-electron chi connectivity index (χ1n) is 9.97. The van der Waals surface area contributed by atoms with Crippen LogP contribution in [0.25, 0.3) is 0 Å². The first-order valence-corrected chi connectivity index (χ1v) is 9.97. The first kappa shape index (κ1) is 20.3. The predicted molar refractivity (Wildman–Crippen MR) is 111 cm³/mol. The minimum atomic E-state index is -0.852. The number of hydrogen-bond acceptors (Lipinski definition) is 5. The van der Waals surface area contributed by atoms with E-state index in [1.807, 2.05) is 91.0 Å². The molecule has 30 heavy (non-hydrogen) atoms. The van der Waals surface area contributed by atoms with Gasteiger partial charge < -0.3 is 18.9 Å². The summed E-state index contributed by atoms with van der Waals surface area (Å²) < 4.78 is 23.3. The van der Waals surface area contributed by atoms with Crippen molar-refractivity contribution in [3.8, 4) is 0 Å². The van der Waals surface area contributed by atoms with Gasteiger partial charge in [0.25, 0.3) is 0 Å². The molecule has 0 N–H and O–H groups in total. The fraction of sp³-hybridized carbons (Fsp3) is 0.240. The van der Waals surface area contributed by atoms with Crippen molar-refractivity contribution in [3.05, 3.63) is 108 Å². The Kier molecular flexibility index (Phi) is 6.87. The number of carbonyl (C=O) groups excluding carboxylic acids is 1. The summed E-state index contributed by atoms with van der Waals surface area (Å²) >= 11 is 0. The van der Waals surface area contributed by atoms with Gasteiger partial charge in [-0.15, -0.1) is 0 Å². The molecular weight excluding hydrogens is 380 g/mol. The van der Waals surface area contributed by atoms with Gasteiger partial charge in [0.15, 0.2) is 12.2 Å². The molecule has 3 aromatic carbocycles. The number of ether oxygens (including phenoxy) is 4. The van der Waals surface area contributed by atoms with Gasteiger partial charge in [0, 0.05) is 0 Å². The summed E-state index contributed by atoms with van der Waals surface area (Å²) in [4.78, 5) is 12.5. The fourth-order valence-electron chi connectivity index (χ4n) is 3.26. The van der Waals surface area contributed by atoms with Crippen LogP contribution in [0.1, 0.15) is 16.7 Å². The molecule has 3 aromatic rings. The maximum atomic E-state index is 12.5. The highest BCUT2D eigenvalue weighted by atomic mass is 16.7. The van der Waals surface area contributed by atoms with Crippen molar-refractivity contribution in [1.82, 2.24) is 0 Å². The largest absolute Gasteiger partial charge is 0.431 e. The van der Waals surface area contributed by atoms with Gasteiger partial charge in [-0.1, -0.05) is 91.0 Å². The Morgan fingerprint density at radius 3 is 1.53 bits per heavy atom. The van der Waals surface area contributed by atoms with Crippen molar-refractivity contribution < 1.29 is 23.7 Å². The Morgan fingerprint density at radius 2 is 1.03 bits per heavy atom. The molecule has 1 fully saturated rings. The molecule has 1 aliphatic rings. The lowest BCUT2D eigenvalue weighted by Crippen LogP contribution is -2.37. The summed E-state index contributed by atoms with van der Waals surface area (Å²) in [5, 5.41) is 0. The second-order valence-electron chi connectivity index (χ2n) is 7.08. The van der Waals surface area contributed by atoms with Crippen LogP contribution in [0.5, 0.6) is 0 Å². The van der Waals surface area contributed by atoms with Crippen LogP contribution >= 0.6 is 0 Å². The number of benzene rings is 3. The van der Waals surface area contributed by atoms with E-state index in [1.54, 1.807) is 0 Å². The molecule has 4 rings (SSSR count). The standard InChI is InChI=1S/C25H24O5/c26-24-22(27-16-19-10-4-1-5-11-19)23(28-17-20-12-6-2-7-13-20)25(30-24)29-18-21-14-8-3-9-15-21/h1-15,22-23,25H,16-18H2.